The third-order valence-corrected chi connectivity index (χ3v) is 11.4. The third kappa shape index (κ3) is 14.2. The summed E-state index contributed by atoms with van der Waals surface area (Å²) in [4.78, 5) is 92.7. The Hall–Kier alpha value is -7.63. The number of amides is 7. The number of ether oxygens (including phenoxy) is 2. The Morgan fingerprint density at radius 3 is 2.25 bits per heavy atom. The molecule has 3 aromatic carbocycles. The summed E-state index contributed by atoms with van der Waals surface area (Å²) in [6.07, 6.45) is 5.52. The number of carbonyl (C=O) groups is 6. The zero-order valence-corrected chi connectivity index (χ0v) is 39.4. The molecule has 4 aromatic rings. The number of nitriles is 1. The highest BCUT2D eigenvalue weighted by molar-refractivity contribution is 6.00. The van der Waals surface area contributed by atoms with Crippen LogP contribution in [0.3, 0.4) is 0 Å². The van der Waals surface area contributed by atoms with E-state index in [0.29, 0.717) is 39.7 Å². The van der Waals surface area contributed by atoms with Gasteiger partial charge in [-0.25, -0.2) is 14.8 Å². The number of rotatable bonds is 20. The minimum absolute atomic E-state index is 0.0209. The van der Waals surface area contributed by atoms with Gasteiger partial charge >= 0.3 is 6.03 Å². The van der Waals surface area contributed by atoms with Crippen LogP contribution < -0.4 is 53.3 Å². The largest absolute Gasteiger partial charge is 0.492 e. The van der Waals surface area contributed by atoms with Crippen molar-refractivity contribution in [1.82, 2.24) is 41.5 Å². The SMILES string of the molecule is CCCCCc1ccc(-c2ncc(C(=O)NC(CCNC(N)=O)C(=O)N(C)[C@@H]3C(=O)N[C@@H](C)C(=O)N[C@H](C(=O)NCC#N)Cc4ccc(OCCN)c(c4)-c4cc3ccc4OCCN)c(C)n2)cc1. The van der Waals surface area contributed by atoms with E-state index < -0.39 is 59.7 Å². The number of benzene rings is 3. The van der Waals surface area contributed by atoms with Gasteiger partial charge in [0.2, 0.25) is 23.6 Å². The summed E-state index contributed by atoms with van der Waals surface area (Å²) in [6.45, 7) is 5.34. The highest BCUT2D eigenvalue weighted by Crippen LogP contribution is 2.40. The van der Waals surface area contributed by atoms with E-state index in [9.17, 15) is 34.0 Å². The Morgan fingerprint density at radius 1 is 0.928 bits per heavy atom. The lowest BCUT2D eigenvalue weighted by atomic mass is 9.93. The van der Waals surface area contributed by atoms with Gasteiger partial charge < -0.3 is 58.2 Å². The van der Waals surface area contributed by atoms with Crippen LogP contribution in [-0.4, -0.2) is 115 Å². The number of nitrogens with zero attached hydrogens (tertiary/aromatic N) is 4. The number of nitrogens with one attached hydrogen (secondary N) is 5. The molecule has 20 heteroatoms. The van der Waals surface area contributed by atoms with Gasteiger partial charge in [-0.15, -0.1) is 0 Å². The van der Waals surface area contributed by atoms with E-state index >= 15 is 0 Å². The number of hydrogen-bond donors (Lipinski definition) is 8. The van der Waals surface area contributed by atoms with Gasteiger partial charge in [-0.3, -0.25) is 24.0 Å². The zero-order chi connectivity index (χ0) is 50.0. The fourth-order valence-corrected chi connectivity index (χ4v) is 7.77. The molecular weight excluding hydrogens is 885 g/mol. The molecule has 5 rings (SSSR count). The maximum atomic E-state index is 14.8. The van der Waals surface area contributed by atoms with E-state index in [1.54, 1.807) is 43.3 Å². The number of fused-ring (bicyclic) bond motifs is 5. The lowest BCUT2D eigenvalue weighted by Crippen LogP contribution is -2.56. The summed E-state index contributed by atoms with van der Waals surface area (Å²) < 4.78 is 12.2. The summed E-state index contributed by atoms with van der Waals surface area (Å²) in [6, 6.07) is 13.6. The van der Waals surface area contributed by atoms with E-state index in [0.717, 1.165) is 36.1 Å². The number of urea groups is 1. The topological polar surface area (TPSA) is 312 Å². The predicted molar refractivity (Wildman–Crippen MR) is 257 cm³/mol. The molecule has 4 atom stereocenters. The molecule has 1 aromatic heterocycles. The zero-order valence-electron chi connectivity index (χ0n) is 39.4. The van der Waals surface area contributed by atoms with Gasteiger partial charge in [0, 0.05) is 56.0 Å². The van der Waals surface area contributed by atoms with Crippen LogP contribution in [0.4, 0.5) is 4.79 Å². The smallest absolute Gasteiger partial charge is 0.312 e. The van der Waals surface area contributed by atoms with Crippen LogP contribution in [-0.2, 0) is 32.0 Å². The molecule has 0 fully saturated rings. The van der Waals surface area contributed by atoms with Crippen LogP contribution in [0.1, 0.15) is 78.3 Å². The second-order valence-electron chi connectivity index (χ2n) is 16.5. The molecule has 0 saturated carbocycles. The van der Waals surface area contributed by atoms with Crippen molar-refractivity contribution < 1.29 is 38.2 Å². The number of primary amides is 1. The molecule has 0 aliphatic carbocycles. The van der Waals surface area contributed by atoms with E-state index in [1.807, 2.05) is 30.3 Å². The summed E-state index contributed by atoms with van der Waals surface area (Å²) in [5, 5.41) is 22.3. The van der Waals surface area contributed by atoms with Crippen LogP contribution in [0, 0.1) is 18.3 Å². The van der Waals surface area contributed by atoms with E-state index in [-0.39, 0.29) is 63.4 Å². The maximum absolute atomic E-state index is 14.8. The van der Waals surface area contributed by atoms with Crippen molar-refractivity contribution >= 4 is 35.6 Å². The quantitative estimate of drug-likeness (QED) is 0.0466. The van der Waals surface area contributed by atoms with Crippen LogP contribution >= 0.6 is 0 Å². The molecule has 0 saturated heterocycles. The predicted octanol–water partition coefficient (Wildman–Crippen LogP) is 2.07. The number of hydrogen-bond acceptors (Lipinski definition) is 13. The number of likely N-dealkylation sites (N-methyl/N-ethyl adjacent to an activating group) is 1. The van der Waals surface area contributed by atoms with Gasteiger partial charge in [-0.2, -0.15) is 5.26 Å². The average Bonchev–Trinajstić information content (AvgIpc) is 3.33. The van der Waals surface area contributed by atoms with Crippen LogP contribution in [0.5, 0.6) is 11.5 Å². The summed E-state index contributed by atoms with van der Waals surface area (Å²) in [5.74, 6) is -2.51. The fourth-order valence-electron chi connectivity index (χ4n) is 7.77. The van der Waals surface area contributed by atoms with Gasteiger partial charge in [0.25, 0.3) is 5.91 Å². The first-order valence-corrected chi connectivity index (χ1v) is 22.9. The van der Waals surface area contributed by atoms with Crippen molar-refractivity contribution in [3.63, 3.8) is 0 Å². The molecule has 1 aliphatic heterocycles. The lowest BCUT2D eigenvalue weighted by molar-refractivity contribution is -0.141. The highest BCUT2D eigenvalue weighted by atomic mass is 16.5. The summed E-state index contributed by atoms with van der Waals surface area (Å²) in [5.41, 5.74) is 21.2. The highest BCUT2D eigenvalue weighted by Gasteiger charge is 2.36. The first-order chi connectivity index (χ1) is 33.2. The van der Waals surface area contributed by atoms with E-state index in [2.05, 4.69) is 43.5 Å². The molecular formula is C49H62N12O8. The van der Waals surface area contributed by atoms with Crippen LogP contribution in [0.2, 0.25) is 0 Å². The van der Waals surface area contributed by atoms with Gasteiger partial charge in [0.1, 0.15) is 55.4 Å². The van der Waals surface area contributed by atoms with Crippen LogP contribution in [0.15, 0.2) is 66.9 Å². The van der Waals surface area contributed by atoms with Gasteiger partial charge in [0.05, 0.1) is 17.3 Å². The molecule has 4 bridgehead atoms. The molecule has 7 amide bonds. The maximum Gasteiger partial charge on any atom is 0.312 e. The Kier molecular flexibility index (Phi) is 19.3. The number of aryl methyl sites for hydroxylation is 2. The third-order valence-electron chi connectivity index (χ3n) is 11.4. The van der Waals surface area contributed by atoms with Crippen molar-refractivity contribution in [3.8, 4) is 40.1 Å². The van der Waals surface area contributed by atoms with Crippen LogP contribution in [0.25, 0.3) is 22.5 Å². The van der Waals surface area contributed by atoms with Crippen molar-refractivity contribution in [2.45, 2.75) is 83.5 Å². The normalized spacial score (nSPS) is 16.0. The Morgan fingerprint density at radius 2 is 1.61 bits per heavy atom. The van der Waals surface area contributed by atoms with Crippen molar-refractivity contribution in [2.75, 3.05) is 46.4 Å². The minimum atomic E-state index is -1.48. The molecule has 69 heavy (non-hydrogen) atoms. The molecule has 1 unspecified atom stereocenters. The summed E-state index contributed by atoms with van der Waals surface area (Å²) in [7, 11) is 1.36. The second-order valence-corrected chi connectivity index (χ2v) is 16.5. The molecule has 0 radical (unpaired) electrons. The van der Waals surface area contributed by atoms with Gasteiger partial charge in [-0.05, 0) is 74.1 Å². The average molecular weight is 947 g/mol. The molecule has 2 heterocycles. The Bertz CT molecular complexity index is 2510. The first-order valence-electron chi connectivity index (χ1n) is 22.9. The standard InChI is InChI=1S/C49H62N12O8/c1-5-6-7-8-31-9-12-33(13-10-31)43-56-28-37(29(2)57-43)45(63)59-38(17-21-55-49(53)67)48(66)61(4)42-34-14-16-41(69-24-20-52)36(27-34)35-25-32(11-15-40(35)68-23-19-51)26-39(46(64)54-22-18-50)60-44(62)30(3)58-47(42)65/h9-16,25,27-28,30,38-39,42H,5-8,17,19-24,26,51-52H2,1-4H3,(H,54,64)(H,58,65)(H,59,63)(H,60,62)(H3,53,55,67)/t30-,38?,39-,42-/m0/s1. The summed E-state index contributed by atoms with van der Waals surface area (Å²) >= 11 is 0. The van der Waals surface area contributed by atoms with Gasteiger partial charge in [0.15, 0.2) is 5.82 Å². The Labute approximate surface area is 401 Å². The molecule has 20 nitrogen and oxygen atoms in total. The molecule has 0 spiro atoms. The number of carbonyl (C=O) groups excluding carboxylic acids is 6. The lowest BCUT2D eigenvalue weighted by Gasteiger charge is -2.32. The minimum Gasteiger partial charge on any atom is -0.492 e. The second kappa shape index (κ2) is 25.5. The monoisotopic (exact) mass is 946 g/mol. The fraction of sp³-hybridized carbons (Fsp3) is 0.408. The number of nitrogens with two attached hydrogens (primary N) is 3. The molecule has 11 N–H and O–H groups in total. The Balaban J connectivity index is 1.56. The van der Waals surface area contributed by atoms with Crippen molar-refractivity contribution in [1.29, 1.82) is 5.26 Å². The van der Waals surface area contributed by atoms with Gasteiger partial charge in [-0.1, -0.05) is 56.2 Å². The number of aromatic nitrogens is 2. The van der Waals surface area contributed by atoms with Crippen molar-refractivity contribution in [3.05, 3.63) is 94.8 Å². The number of unbranched alkanes of at least 4 members (excludes halogenated alkanes) is 2. The first kappa shape index (κ1) is 52.3. The van der Waals surface area contributed by atoms with Crippen molar-refractivity contribution in [2.24, 2.45) is 17.2 Å². The molecule has 1 aliphatic rings. The van der Waals surface area contributed by atoms with E-state index in [1.165, 1.54) is 25.7 Å². The molecule has 366 valence electrons. The van der Waals surface area contributed by atoms with E-state index in [4.69, 9.17) is 26.7 Å².